The van der Waals surface area contributed by atoms with Crippen molar-refractivity contribution in [3.8, 4) is 0 Å². The fourth-order valence-corrected chi connectivity index (χ4v) is 1.82. The lowest BCUT2D eigenvalue weighted by molar-refractivity contribution is 0.0950. The SMILES string of the molecule is Cn1c(CNC(=O)c2ccc(F)cc2)cc(=O)n(C)c1=O. The highest BCUT2D eigenvalue weighted by atomic mass is 19.1. The molecule has 7 heteroatoms. The van der Waals surface area contributed by atoms with Crippen LogP contribution < -0.4 is 16.6 Å². The van der Waals surface area contributed by atoms with Crippen LogP contribution in [-0.4, -0.2) is 15.0 Å². The molecule has 1 heterocycles. The van der Waals surface area contributed by atoms with Crippen LogP contribution in [0.3, 0.4) is 0 Å². The topological polar surface area (TPSA) is 73.1 Å². The molecule has 0 saturated carbocycles. The summed E-state index contributed by atoms with van der Waals surface area (Å²) in [5.41, 5.74) is -0.221. The minimum Gasteiger partial charge on any atom is -0.346 e. The lowest BCUT2D eigenvalue weighted by atomic mass is 10.2. The molecular formula is C14H14FN3O3. The van der Waals surface area contributed by atoms with E-state index >= 15 is 0 Å². The number of rotatable bonds is 3. The molecule has 0 spiro atoms. The van der Waals surface area contributed by atoms with E-state index < -0.39 is 23.0 Å². The first-order chi connectivity index (χ1) is 9.90. The first-order valence-electron chi connectivity index (χ1n) is 6.20. The van der Waals surface area contributed by atoms with Crippen molar-refractivity contribution in [1.82, 2.24) is 14.5 Å². The van der Waals surface area contributed by atoms with E-state index in [9.17, 15) is 18.8 Å². The van der Waals surface area contributed by atoms with Crippen molar-refractivity contribution in [1.29, 1.82) is 0 Å². The lowest BCUT2D eigenvalue weighted by Gasteiger charge is -2.10. The predicted octanol–water partition coefficient (Wildman–Crippen LogP) is 0.153. The number of aromatic nitrogens is 2. The van der Waals surface area contributed by atoms with E-state index in [4.69, 9.17) is 0 Å². The van der Waals surface area contributed by atoms with E-state index in [2.05, 4.69) is 5.32 Å². The van der Waals surface area contributed by atoms with Gasteiger partial charge in [0.1, 0.15) is 5.82 Å². The van der Waals surface area contributed by atoms with E-state index in [1.165, 1.54) is 49.0 Å². The molecule has 0 aliphatic carbocycles. The van der Waals surface area contributed by atoms with E-state index in [1.807, 2.05) is 0 Å². The molecule has 0 aliphatic heterocycles. The molecule has 6 nitrogen and oxygen atoms in total. The van der Waals surface area contributed by atoms with E-state index in [-0.39, 0.29) is 6.54 Å². The Morgan fingerprint density at radius 2 is 1.76 bits per heavy atom. The van der Waals surface area contributed by atoms with Gasteiger partial charge in [0, 0.05) is 31.4 Å². The summed E-state index contributed by atoms with van der Waals surface area (Å²) in [4.78, 5) is 35.2. The van der Waals surface area contributed by atoms with E-state index in [0.29, 0.717) is 11.3 Å². The third-order valence-electron chi connectivity index (χ3n) is 3.16. The quantitative estimate of drug-likeness (QED) is 0.875. The zero-order chi connectivity index (χ0) is 15.6. The number of nitrogens with one attached hydrogen (secondary N) is 1. The Hall–Kier alpha value is -2.70. The molecule has 110 valence electrons. The molecule has 0 radical (unpaired) electrons. The van der Waals surface area contributed by atoms with Gasteiger partial charge in [0.05, 0.1) is 6.54 Å². The third kappa shape index (κ3) is 3.07. The number of carbonyl (C=O) groups excluding carboxylic acids is 1. The van der Waals surface area contributed by atoms with Crippen LogP contribution in [-0.2, 0) is 20.6 Å². The van der Waals surface area contributed by atoms with Gasteiger partial charge in [-0.3, -0.25) is 18.7 Å². The van der Waals surface area contributed by atoms with Crippen LogP contribution in [0.4, 0.5) is 4.39 Å². The van der Waals surface area contributed by atoms with Gasteiger partial charge in [-0.05, 0) is 24.3 Å². The minimum atomic E-state index is -0.464. The third-order valence-corrected chi connectivity index (χ3v) is 3.16. The molecule has 0 aliphatic rings. The number of carbonyl (C=O) groups is 1. The Morgan fingerprint density at radius 1 is 1.14 bits per heavy atom. The van der Waals surface area contributed by atoms with Crippen molar-refractivity contribution in [2.24, 2.45) is 14.1 Å². The number of halogens is 1. The molecule has 1 aromatic carbocycles. The second kappa shape index (κ2) is 5.74. The highest BCUT2D eigenvalue weighted by molar-refractivity contribution is 5.94. The van der Waals surface area contributed by atoms with E-state index in [1.54, 1.807) is 0 Å². The molecule has 0 bridgehead atoms. The van der Waals surface area contributed by atoms with E-state index in [0.717, 1.165) is 4.57 Å². The van der Waals surface area contributed by atoms with Crippen molar-refractivity contribution in [3.63, 3.8) is 0 Å². The van der Waals surface area contributed by atoms with Crippen LogP contribution >= 0.6 is 0 Å². The Morgan fingerprint density at radius 3 is 2.38 bits per heavy atom. The summed E-state index contributed by atoms with van der Waals surface area (Å²) in [6.45, 7) is 0.0258. The first kappa shape index (κ1) is 14.7. The fraction of sp³-hybridized carbons (Fsp3) is 0.214. The Balaban J connectivity index is 2.17. The largest absolute Gasteiger partial charge is 0.346 e. The van der Waals surface area contributed by atoms with Crippen molar-refractivity contribution < 1.29 is 9.18 Å². The summed E-state index contributed by atoms with van der Waals surface area (Å²) in [6.07, 6.45) is 0. The number of nitrogens with zero attached hydrogens (tertiary/aromatic N) is 2. The summed E-state index contributed by atoms with van der Waals surface area (Å²) < 4.78 is 15.0. The molecule has 2 rings (SSSR count). The normalized spacial score (nSPS) is 10.4. The zero-order valence-corrected chi connectivity index (χ0v) is 11.6. The Labute approximate surface area is 119 Å². The average molecular weight is 291 g/mol. The number of amides is 1. The second-order valence-corrected chi connectivity index (χ2v) is 4.56. The maximum atomic E-state index is 12.8. The van der Waals surface area contributed by atoms with Crippen molar-refractivity contribution in [2.75, 3.05) is 0 Å². The molecule has 0 atom stereocenters. The molecule has 0 unspecified atom stereocenters. The summed E-state index contributed by atoms with van der Waals surface area (Å²) >= 11 is 0. The molecule has 1 amide bonds. The maximum absolute atomic E-state index is 12.8. The second-order valence-electron chi connectivity index (χ2n) is 4.56. The summed E-state index contributed by atoms with van der Waals surface area (Å²) in [6, 6.07) is 6.36. The predicted molar refractivity (Wildman–Crippen MR) is 74.5 cm³/mol. The fourth-order valence-electron chi connectivity index (χ4n) is 1.82. The van der Waals surface area contributed by atoms with Gasteiger partial charge in [0.2, 0.25) is 0 Å². The molecular weight excluding hydrogens is 277 g/mol. The summed E-state index contributed by atoms with van der Waals surface area (Å²) in [5, 5.41) is 2.58. The van der Waals surface area contributed by atoms with Crippen molar-refractivity contribution in [3.05, 3.63) is 68.2 Å². The van der Waals surface area contributed by atoms with Crippen LogP contribution in [0.5, 0.6) is 0 Å². The summed E-state index contributed by atoms with van der Waals surface area (Å²) in [7, 11) is 2.90. The molecule has 1 aromatic heterocycles. The van der Waals surface area contributed by atoms with Gasteiger partial charge in [-0.15, -0.1) is 0 Å². The lowest BCUT2D eigenvalue weighted by Crippen LogP contribution is -2.39. The minimum absolute atomic E-state index is 0.0258. The van der Waals surface area contributed by atoms with Crippen LogP contribution in [0, 0.1) is 5.82 Å². The van der Waals surface area contributed by atoms with Gasteiger partial charge in [0.25, 0.3) is 11.5 Å². The summed E-state index contributed by atoms with van der Waals surface area (Å²) in [5.74, 6) is -0.844. The van der Waals surface area contributed by atoms with Crippen LogP contribution in [0.15, 0.2) is 39.9 Å². The smallest absolute Gasteiger partial charge is 0.330 e. The molecule has 2 aromatic rings. The van der Waals surface area contributed by atoms with Crippen molar-refractivity contribution >= 4 is 5.91 Å². The average Bonchev–Trinajstić information content (AvgIpc) is 2.48. The number of hydrogen-bond donors (Lipinski definition) is 1. The molecule has 21 heavy (non-hydrogen) atoms. The van der Waals surface area contributed by atoms with Gasteiger partial charge >= 0.3 is 5.69 Å². The standard InChI is InChI=1S/C14H14FN3O3/c1-17-11(7-12(19)18(2)14(17)21)8-16-13(20)9-3-5-10(15)6-4-9/h3-7H,8H2,1-2H3,(H,16,20). The molecule has 0 fully saturated rings. The Kier molecular flexibility index (Phi) is 4.02. The van der Waals surface area contributed by atoms with Crippen LogP contribution in [0.1, 0.15) is 16.1 Å². The Bertz CT molecular complexity index is 791. The monoisotopic (exact) mass is 291 g/mol. The number of benzene rings is 1. The van der Waals surface area contributed by atoms with Gasteiger partial charge < -0.3 is 5.32 Å². The highest BCUT2D eigenvalue weighted by Gasteiger charge is 2.09. The molecule has 1 N–H and O–H groups in total. The zero-order valence-electron chi connectivity index (χ0n) is 11.6. The highest BCUT2D eigenvalue weighted by Crippen LogP contribution is 2.03. The number of hydrogen-bond acceptors (Lipinski definition) is 3. The van der Waals surface area contributed by atoms with Gasteiger partial charge in [-0.2, -0.15) is 0 Å². The van der Waals surface area contributed by atoms with Gasteiger partial charge in [-0.1, -0.05) is 0 Å². The molecule has 0 saturated heterocycles. The van der Waals surface area contributed by atoms with Crippen LogP contribution in [0.2, 0.25) is 0 Å². The first-order valence-corrected chi connectivity index (χ1v) is 6.20. The maximum Gasteiger partial charge on any atom is 0.330 e. The van der Waals surface area contributed by atoms with Gasteiger partial charge in [0.15, 0.2) is 0 Å². The van der Waals surface area contributed by atoms with Crippen LogP contribution in [0.25, 0.3) is 0 Å². The van der Waals surface area contributed by atoms with Gasteiger partial charge in [-0.25, -0.2) is 9.18 Å². The van der Waals surface area contributed by atoms with Crippen molar-refractivity contribution in [2.45, 2.75) is 6.54 Å².